The molecule has 0 unspecified atom stereocenters. The minimum atomic E-state index is -0.293. The van der Waals surface area contributed by atoms with Crippen LogP contribution in [0.3, 0.4) is 0 Å². The predicted molar refractivity (Wildman–Crippen MR) is 76.3 cm³/mol. The molecule has 0 aliphatic rings. The van der Waals surface area contributed by atoms with Crippen LogP contribution in [0.2, 0.25) is 0 Å². The van der Waals surface area contributed by atoms with Gasteiger partial charge in [-0.1, -0.05) is 26.5 Å². The van der Waals surface area contributed by atoms with Crippen LogP contribution in [0.4, 0.5) is 4.79 Å². The van der Waals surface area contributed by atoms with E-state index < -0.39 is 0 Å². The van der Waals surface area contributed by atoms with E-state index in [1.54, 1.807) is 26.0 Å². The van der Waals surface area contributed by atoms with Crippen molar-refractivity contribution in [3.05, 3.63) is 35.6 Å². The average Bonchev–Trinajstić information content (AvgIpc) is 2.36. The van der Waals surface area contributed by atoms with Crippen LogP contribution in [0.15, 0.2) is 35.6 Å². The third-order valence-corrected chi connectivity index (χ3v) is 1.84. The lowest BCUT2D eigenvalue weighted by Crippen LogP contribution is -2.34. The quantitative estimate of drug-likeness (QED) is 0.449. The van der Waals surface area contributed by atoms with Gasteiger partial charge in [-0.15, -0.1) is 0 Å². The first-order chi connectivity index (χ1) is 8.54. The molecule has 0 aromatic carbocycles. The summed E-state index contributed by atoms with van der Waals surface area (Å²) in [7, 11) is 0. The molecule has 4 nitrogen and oxygen atoms in total. The molecule has 0 rings (SSSR count). The van der Waals surface area contributed by atoms with Gasteiger partial charge >= 0.3 is 6.03 Å². The summed E-state index contributed by atoms with van der Waals surface area (Å²) in [4.78, 5) is 22.0. The lowest BCUT2D eigenvalue weighted by Gasteiger charge is -2.07. The molecule has 102 valence electrons. The second-order valence-electron chi connectivity index (χ2n) is 3.23. The van der Waals surface area contributed by atoms with Gasteiger partial charge in [0.15, 0.2) is 0 Å². The minimum absolute atomic E-state index is 0.293. The Hall–Kier alpha value is -1.84. The highest BCUT2D eigenvalue weighted by Gasteiger charge is 2.02. The van der Waals surface area contributed by atoms with Gasteiger partial charge in [0.25, 0.3) is 0 Å². The summed E-state index contributed by atoms with van der Waals surface area (Å²) in [5.74, 6) is 0. The molecule has 0 atom stereocenters. The molecule has 0 saturated carbocycles. The summed E-state index contributed by atoms with van der Waals surface area (Å²) < 4.78 is 0. The fourth-order valence-electron chi connectivity index (χ4n) is 0.953. The number of allylic oxidation sites excluding steroid dienone is 4. The maximum absolute atomic E-state index is 11.2. The SMILES string of the molecule is C=C(C)/C(C=O)=C\C(=C/C)NC(=O)NCC.CC. The summed E-state index contributed by atoms with van der Waals surface area (Å²) in [5.41, 5.74) is 1.69. The average molecular weight is 252 g/mol. The first-order valence-corrected chi connectivity index (χ1v) is 6.09. The molecule has 18 heavy (non-hydrogen) atoms. The Balaban J connectivity index is 0. The zero-order chi connectivity index (χ0) is 14.6. The monoisotopic (exact) mass is 252 g/mol. The van der Waals surface area contributed by atoms with Crippen molar-refractivity contribution in [2.45, 2.75) is 34.6 Å². The molecule has 0 fully saturated rings. The number of hydrogen-bond donors (Lipinski definition) is 2. The fourth-order valence-corrected chi connectivity index (χ4v) is 0.953. The number of carbonyl (C=O) groups excluding carboxylic acids is 2. The molecule has 2 N–H and O–H groups in total. The molecule has 0 bridgehead atoms. The molecule has 0 aromatic heterocycles. The van der Waals surface area contributed by atoms with E-state index in [0.29, 0.717) is 29.7 Å². The second-order valence-corrected chi connectivity index (χ2v) is 3.23. The van der Waals surface area contributed by atoms with Crippen molar-refractivity contribution in [3.8, 4) is 0 Å². The molecule has 4 heteroatoms. The number of carbonyl (C=O) groups is 2. The van der Waals surface area contributed by atoms with Gasteiger partial charge in [-0.2, -0.15) is 0 Å². The number of nitrogens with one attached hydrogen (secondary N) is 2. The molecular weight excluding hydrogens is 228 g/mol. The minimum Gasteiger partial charge on any atom is -0.338 e. The molecule has 0 aliphatic heterocycles. The van der Waals surface area contributed by atoms with Crippen LogP contribution in [-0.4, -0.2) is 18.9 Å². The van der Waals surface area contributed by atoms with E-state index in [0.717, 1.165) is 0 Å². The van der Waals surface area contributed by atoms with E-state index >= 15 is 0 Å². The van der Waals surface area contributed by atoms with E-state index in [-0.39, 0.29) is 6.03 Å². The van der Waals surface area contributed by atoms with Crippen molar-refractivity contribution in [3.63, 3.8) is 0 Å². The predicted octanol–water partition coefficient (Wildman–Crippen LogP) is 2.94. The maximum Gasteiger partial charge on any atom is 0.319 e. The van der Waals surface area contributed by atoms with Gasteiger partial charge in [0.05, 0.1) is 0 Å². The summed E-state index contributed by atoms with van der Waals surface area (Å²) in [6, 6.07) is -0.293. The van der Waals surface area contributed by atoms with Gasteiger partial charge in [0, 0.05) is 17.8 Å². The van der Waals surface area contributed by atoms with E-state index in [4.69, 9.17) is 0 Å². The van der Waals surface area contributed by atoms with Crippen LogP contribution in [0.1, 0.15) is 34.6 Å². The van der Waals surface area contributed by atoms with Crippen LogP contribution in [-0.2, 0) is 4.79 Å². The third-order valence-electron chi connectivity index (χ3n) is 1.84. The number of urea groups is 1. The Morgan fingerprint density at radius 2 is 1.89 bits per heavy atom. The second kappa shape index (κ2) is 11.6. The molecule has 0 spiro atoms. The summed E-state index contributed by atoms with van der Waals surface area (Å²) in [5, 5.41) is 5.22. The lowest BCUT2D eigenvalue weighted by molar-refractivity contribution is -0.104. The van der Waals surface area contributed by atoms with Crippen molar-refractivity contribution in [2.24, 2.45) is 0 Å². The molecule has 0 heterocycles. The van der Waals surface area contributed by atoms with E-state index in [9.17, 15) is 9.59 Å². The first-order valence-electron chi connectivity index (χ1n) is 6.09. The van der Waals surface area contributed by atoms with Gasteiger partial charge in [-0.05, 0) is 32.4 Å². The van der Waals surface area contributed by atoms with Crippen molar-refractivity contribution in [1.29, 1.82) is 0 Å². The van der Waals surface area contributed by atoms with Crippen LogP contribution >= 0.6 is 0 Å². The lowest BCUT2D eigenvalue weighted by atomic mass is 10.1. The van der Waals surface area contributed by atoms with Crippen LogP contribution in [0.5, 0.6) is 0 Å². The van der Waals surface area contributed by atoms with Crippen molar-refractivity contribution >= 4 is 12.3 Å². The van der Waals surface area contributed by atoms with Gasteiger partial charge in [-0.25, -0.2) is 4.79 Å². The Kier molecular flexibility index (Phi) is 12.0. The number of aldehydes is 1. The Bertz CT molecular complexity index is 342. The van der Waals surface area contributed by atoms with Crippen molar-refractivity contribution in [1.82, 2.24) is 10.6 Å². The van der Waals surface area contributed by atoms with E-state index in [1.165, 1.54) is 0 Å². The Labute approximate surface area is 110 Å². The van der Waals surface area contributed by atoms with E-state index in [1.807, 2.05) is 20.8 Å². The Morgan fingerprint density at radius 1 is 1.33 bits per heavy atom. The smallest absolute Gasteiger partial charge is 0.319 e. The Morgan fingerprint density at radius 3 is 2.22 bits per heavy atom. The summed E-state index contributed by atoms with van der Waals surface area (Å²) >= 11 is 0. The van der Waals surface area contributed by atoms with Gasteiger partial charge in [-0.3, -0.25) is 4.79 Å². The number of amides is 2. The third kappa shape index (κ3) is 8.33. The van der Waals surface area contributed by atoms with E-state index in [2.05, 4.69) is 17.2 Å². The molecule has 0 aromatic rings. The largest absolute Gasteiger partial charge is 0.338 e. The van der Waals surface area contributed by atoms with Crippen LogP contribution in [0.25, 0.3) is 0 Å². The highest BCUT2D eigenvalue weighted by molar-refractivity contribution is 5.82. The van der Waals surface area contributed by atoms with Gasteiger partial charge in [0.2, 0.25) is 0 Å². The molecular formula is C14H24N2O2. The van der Waals surface area contributed by atoms with Crippen LogP contribution in [0, 0.1) is 0 Å². The maximum atomic E-state index is 11.2. The highest BCUT2D eigenvalue weighted by Crippen LogP contribution is 2.06. The van der Waals surface area contributed by atoms with Gasteiger partial charge in [0.1, 0.15) is 6.29 Å². The number of rotatable bonds is 5. The molecule has 2 amide bonds. The van der Waals surface area contributed by atoms with Crippen molar-refractivity contribution in [2.75, 3.05) is 6.54 Å². The number of hydrogen-bond acceptors (Lipinski definition) is 2. The zero-order valence-corrected chi connectivity index (χ0v) is 12.0. The van der Waals surface area contributed by atoms with Gasteiger partial charge < -0.3 is 10.6 Å². The fraction of sp³-hybridized carbons (Fsp3) is 0.429. The summed E-state index contributed by atoms with van der Waals surface area (Å²) in [6.07, 6.45) is 4.01. The van der Waals surface area contributed by atoms with Crippen molar-refractivity contribution < 1.29 is 9.59 Å². The first kappa shape index (κ1) is 18.5. The normalized spacial score (nSPS) is 10.9. The standard InChI is InChI=1S/C12H18N2O2.C2H6/c1-5-11(14-12(16)13-6-2)7-10(8-15)9(3)4;1-2/h5,7-8H,3,6H2,1-2,4H3,(H2,13,14,16);1-2H3/b10-7-,11-5+;. The molecule has 0 saturated heterocycles. The summed E-state index contributed by atoms with van der Waals surface area (Å²) in [6.45, 7) is 13.6. The molecule has 0 radical (unpaired) electrons. The zero-order valence-electron chi connectivity index (χ0n) is 12.0. The van der Waals surface area contributed by atoms with Crippen LogP contribution < -0.4 is 10.6 Å². The topological polar surface area (TPSA) is 58.2 Å². The highest BCUT2D eigenvalue weighted by atomic mass is 16.2. The molecule has 0 aliphatic carbocycles.